The van der Waals surface area contributed by atoms with Crippen LogP contribution in [-0.2, 0) is 17.8 Å². The quantitative estimate of drug-likeness (QED) is 0.186. The molecule has 1 aromatic heterocycles. The van der Waals surface area contributed by atoms with Gasteiger partial charge >= 0.3 is 6.09 Å². The number of alkyl carbamates (subject to hydrolysis) is 1. The Morgan fingerprint density at radius 2 is 1.67 bits per heavy atom. The Hall–Kier alpha value is -2.56. The summed E-state index contributed by atoms with van der Waals surface area (Å²) in [6.07, 6.45) is 2.13. The highest BCUT2D eigenvalue weighted by Crippen LogP contribution is 2.07. The largest absolute Gasteiger partial charge is 0.444 e. The molecule has 3 N–H and O–H groups in total. The molecule has 9 heteroatoms. The van der Waals surface area contributed by atoms with E-state index in [1.54, 1.807) is 22.9 Å². The van der Waals surface area contributed by atoms with Crippen LogP contribution in [0.25, 0.3) is 0 Å². The van der Waals surface area contributed by atoms with Crippen LogP contribution in [0, 0.1) is 0 Å². The summed E-state index contributed by atoms with van der Waals surface area (Å²) in [7, 11) is 0. The van der Waals surface area contributed by atoms with Crippen LogP contribution in [0.5, 0.6) is 0 Å². The van der Waals surface area contributed by atoms with Gasteiger partial charge < -0.3 is 25.3 Å². The molecule has 0 unspecified atom stereocenters. The third-order valence-corrected chi connectivity index (χ3v) is 4.35. The van der Waals surface area contributed by atoms with E-state index in [-0.39, 0.29) is 29.5 Å². The summed E-state index contributed by atoms with van der Waals surface area (Å²) in [5, 5.41) is 9.24. The maximum atomic E-state index is 11.8. The third kappa shape index (κ3) is 11.7. The first-order valence-electron chi connectivity index (χ1n) is 11.0. The van der Waals surface area contributed by atoms with Gasteiger partial charge in [0.25, 0.3) is 5.56 Å². The van der Waals surface area contributed by atoms with Crippen molar-refractivity contribution in [2.24, 2.45) is 4.99 Å². The number of benzene rings is 1. The molecule has 0 aliphatic carbocycles. The van der Waals surface area contributed by atoms with E-state index in [9.17, 15) is 9.59 Å². The fourth-order valence-corrected chi connectivity index (χ4v) is 2.85. The number of aromatic nitrogens is 1. The Bertz CT molecular complexity index is 936. The second-order valence-corrected chi connectivity index (χ2v) is 8.39. The molecule has 0 aliphatic heterocycles. The molecule has 0 saturated carbocycles. The number of nitrogens with zero attached hydrogens (tertiary/aromatic N) is 2. The van der Waals surface area contributed by atoms with E-state index < -0.39 is 11.7 Å². The second-order valence-electron chi connectivity index (χ2n) is 8.39. The number of rotatable bonds is 9. The number of nitrogens with one attached hydrogen (secondary N) is 3. The first-order chi connectivity index (χ1) is 15.3. The van der Waals surface area contributed by atoms with Crippen molar-refractivity contribution in [1.82, 2.24) is 20.5 Å². The van der Waals surface area contributed by atoms with Crippen LogP contribution in [0.1, 0.15) is 45.2 Å². The summed E-state index contributed by atoms with van der Waals surface area (Å²) in [5.74, 6) is 0.727. The minimum absolute atomic E-state index is 0. The molecule has 0 bridgehead atoms. The number of carbonyl (C=O) groups excluding carboxylic acids is 1. The Morgan fingerprint density at radius 1 is 1.00 bits per heavy atom. The Morgan fingerprint density at radius 3 is 2.30 bits per heavy atom. The molecule has 0 atom stereocenters. The normalized spacial score (nSPS) is 11.3. The van der Waals surface area contributed by atoms with Gasteiger partial charge in [-0.1, -0.05) is 30.3 Å². The SMILES string of the molecule is CCNC(=NCc1ccc(Cn2ccccc2=O)cc1)NCCCNC(=O)OC(C)(C)C.I. The predicted molar refractivity (Wildman–Crippen MR) is 143 cm³/mol. The van der Waals surface area contributed by atoms with Crippen LogP contribution >= 0.6 is 24.0 Å². The number of hydrogen-bond donors (Lipinski definition) is 3. The van der Waals surface area contributed by atoms with Crippen LogP contribution in [0.15, 0.2) is 58.4 Å². The lowest BCUT2D eigenvalue weighted by Crippen LogP contribution is -2.39. The fourth-order valence-electron chi connectivity index (χ4n) is 2.85. The maximum Gasteiger partial charge on any atom is 0.407 e. The van der Waals surface area contributed by atoms with Crippen LogP contribution in [0.2, 0.25) is 0 Å². The number of amides is 1. The highest BCUT2D eigenvalue weighted by Gasteiger charge is 2.15. The summed E-state index contributed by atoms with van der Waals surface area (Å²) in [6, 6.07) is 13.3. The average Bonchev–Trinajstić information content (AvgIpc) is 2.73. The molecule has 2 aromatic rings. The average molecular weight is 569 g/mol. The standard InChI is InChI=1S/C24H35N5O3.HI/c1-5-25-22(26-14-8-15-27-23(31)32-24(2,3)4)28-17-19-10-12-20(13-11-19)18-29-16-7-6-9-21(29)30;/h6-7,9-13,16H,5,8,14-15,17-18H2,1-4H3,(H,27,31)(H2,25,26,28);1H. The number of guanidine groups is 1. The van der Waals surface area contributed by atoms with Crippen molar-refractivity contribution in [3.63, 3.8) is 0 Å². The molecule has 1 aromatic carbocycles. The van der Waals surface area contributed by atoms with Crippen LogP contribution in [0.4, 0.5) is 4.79 Å². The van der Waals surface area contributed by atoms with Crippen molar-refractivity contribution >= 4 is 36.0 Å². The van der Waals surface area contributed by atoms with Crippen molar-refractivity contribution in [1.29, 1.82) is 0 Å². The fraction of sp³-hybridized carbons (Fsp3) is 0.458. The molecule has 2 rings (SSSR count). The zero-order chi connectivity index (χ0) is 23.4. The van der Waals surface area contributed by atoms with Crippen molar-refractivity contribution in [3.05, 3.63) is 70.1 Å². The molecule has 33 heavy (non-hydrogen) atoms. The number of pyridine rings is 1. The van der Waals surface area contributed by atoms with E-state index in [4.69, 9.17) is 4.74 Å². The first-order valence-corrected chi connectivity index (χ1v) is 11.0. The molecule has 0 aliphatic rings. The van der Waals surface area contributed by atoms with Gasteiger partial charge in [0.05, 0.1) is 13.1 Å². The molecular weight excluding hydrogens is 533 g/mol. The van der Waals surface area contributed by atoms with Gasteiger partial charge in [-0.2, -0.15) is 0 Å². The van der Waals surface area contributed by atoms with E-state index in [0.717, 1.165) is 30.1 Å². The summed E-state index contributed by atoms with van der Waals surface area (Å²) in [4.78, 5) is 28.1. The highest BCUT2D eigenvalue weighted by atomic mass is 127. The van der Waals surface area contributed by atoms with Crippen LogP contribution < -0.4 is 21.5 Å². The smallest absolute Gasteiger partial charge is 0.407 e. The Balaban J connectivity index is 0.00000544. The van der Waals surface area contributed by atoms with Crippen LogP contribution in [0.3, 0.4) is 0 Å². The maximum absolute atomic E-state index is 11.8. The molecular formula is C24H36IN5O3. The molecule has 0 fully saturated rings. The summed E-state index contributed by atoms with van der Waals surface area (Å²) in [6.45, 7) is 10.6. The number of ether oxygens (including phenoxy) is 1. The van der Waals surface area contributed by atoms with Crippen molar-refractivity contribution in [3.8, 4) is 0 Å². The molecule has 1 heterocycles. The van der Waals surface area contributed by atoms with E-state index in [1.807, 2.05) is 58.0 Å². The molecule has 8 nitrogen and oxygen atoms in total. The first kappa shape index (κ1) is 28.5. The van der Waals surface area contributed by atoms with E-state index in [0.29, 0.717) is 26.2 Å². The Kier molecular flexibility index (Phi) is 12.6. The van der Waals surface area contributed by atoms with Gasteiger partial charge in [-0.05, 0) is 51.3 Å². The van der Waals surface area contributed by atoms with Crippen molar-refractivity contribution in [2.45, 2.75) is 52.8 Å². The predicted octanol–water partition coefficient (Wildman–Crippen LogP) is 3.48. The summed E-state index contributed by atoms with van der Waals surface area (Å²) >= 11 is 0. The minimum Gasteiger partial charge on any atom is -0.444 e. The monoisotopic (exact) mass is 569 g/mol. The van der Waals surface area contributed by atoms with Gasteiger partial charge in [-0.25, -0.2) is 9.79 Å². The van der Waals surface area contributed by atoms with E-state index in [1.165, 1.54) is 0 Å². The summed E-state index contributed by atoms with van der Waals surface area (Å²) in [5.41, 5.74) is 1.64. The third-order valence-electron chi connectivity index (χ3n) is 4.35. The Labute approximate surface area is 213 Å². The van der Waals surface area contributed by atoms with Gasteiger partial charge in [0.15, 0.2) is 5.96 Å². The van der Waals surface area contributed by atoms with Gasteiger partial charge in [0, 0.05) is 31.9 Å². The lowest BCUT2D eigenvalue weighted by atomic mass is 10.1. The lowest BCUT2D eigenvalue weighted by Gasteiger charge is -2.19. The zero-order valence-corrected chi connectivity index (χ0v) is 22.2. The van der Waals surface area contributed by atoms with Crippen molar-refractivity contribution < 1.29 is 9.53 Å². The molecule has 0 saturated heterocycles. The number of hydrogen-bond acceptors (Lipinski definition) is 4. The molecule has 1 amide bonds. The highest BCUT2D eigenvalue weighted by molar-refractivity contribution is 14.0. The van der Waals surface area contributed by atoms with Crippen molar-refractivity contribution in [2.75, 3.05) is 19.6 Å². The molecule has 0 radical (unpaired) electrons. The van der Waals surface area contributed by atoms with Gasteiger partial charge in [0.2, 0.25) is 0 Å². The van der Waals surface area contributed by atoms with Crippen LogP contribution in [-0.4, -0.2) is 41.9 Å². The van der Waals surface area contributed by atoms with Gasteiger partial charge in [-0.15, -0.1) is 24.0 Å². The zero-order valence-electron chi connectivity index (χ0n) is 19.9. The lowest BCUT2D eigenvalue weighted by molar-refractivity contribution is 0.0527. The van der Waals surface area contributed by atoms with E-state index >= 15 is 0 Å². The molecule has 182 valence electrons. The van der Waals surface area contributed by atoms with Gasteiger partial charge in [0.1, 0.15) is 5.60 Å². The topological polar surface area (TPSA) is 96.8 Å². The second kappa shape index (κ2) is 14.6. The minimum atomic E-state index is -0.495. The summed E-state index contributed by atoms with van der Waals surface area (Å²) < 4.78 is 6.89. The molecule has 0 spiro atoms. The number of halogens is 1. The van der Waals surface area contributed by atoms with E-state index in [2.05, 4.69) is 20.9 Å². The van der Waals surface area contributed by atoms with Gasteiger partial charge in [-0.3, -0.25) is 4.79 Å². The number of carbonyl (C=O) groups is 1. The number of aliphatic imine (C=N–C) groups is 1.